The van der Waals surface area contributed by atoms with Crippen LogP contribution in [-0.2, 0) is 0 Å². The number of halogens is 2. The van der Waals surface area contributed by atoms with Crippen molar-refractivity contribution in [1.29, 1.82) is 5.26 Å². The van der Waals surface area contributed by atoms with Crippen molar-refractivity contribution >= 4 is 34.7 Å². The Morgan fingerprint density at radius 1 is 1.28 bits per heavy atom. The molecule has 0 fully saturated rings. The van der Waals surface area contributed by atoms with Crippen molar-refractivity contribution in [3.05, 3.63) is 45.8 Å². The number of nitrogens with one attached hydrogen (secondary N) is 1. The van der Waals surface area contributed by atoms with Gasteiger partial charge in [-0.1, -0.05) is 23.7 Å². The molecule has 0 radical (unpaired) electrons. The van der Waals surface area contributed by atoms with Crippen LogP contribution in [0.25, 0.3) is 0 Å². The minimum atomic E-state index is -0.00541. The van der Waals surface area contributed by atoms with Gasteiger partial charge < -0.3 is 5.32 Å². The Hall–Kier alpha value is -1.83. The van der Waals surface area contributed by atoms with E-state index < -0.39 is 0 Å². The largest absolute Gasteiger partial charge is 0.339 e. The highest BCUT2D eigenvalue weighted by Crippen LogP contribution is 2.25. The summed E-state index contributed by atoms with van der Waals surface area (Å²) in [6, 6.07) is 9.59. The fraction of sp³-hybridized carbons (Fsp3) is 0.0833. The summed E-state index contributed by atoms with van der Waals surface area (Å²) in [4.78, 5) is 7.69. The van der Waals surface area contributed by atoms with Crippen molar-refractivity contribution in [2.75, 3.05) is 5.32 Å². The van der Waals surface area contributed by atoms with E-state index in [0.717, 1.165) is 11.3 Å². The van der Waals surface area contributed by atoms with Gasteiger partial charge in [-0.05, 0) is 36.2 Å². The monoisotopic (exact) mass is 278 g/mol. The molecule has 2 aromatic rings. The van der Waals surface area contributed by atoms with Crippen LogP contribution in [0.15, 0.2) is 24.3 Å². The van der Waals surface area contributed by atoms with E-state index in [1.165, 1.54) is 0 Å². The summed E-state index contributed by atoms with van der Waals surface area (Å²) in [5, 5.41) is 12.1. The van der Waals surface area contributed by atoms with Crippen LogP contribution in [0, 0.1) is 18.3 Å². The first kappa shape index (κ1) is 12.6. The van der Waals surface area contributed by atoms with Crippen LogP contribution in [0.2, 0.25) is 10.4 Å². The second-order valence-electron chi connectivity index (χ2n) is 3.61. The van der Waals surface area contributed by atoms with E-state index >= 15 is 0 Å². The van der Waals surface area contributed by atoms with Gasteiger partial charge in [-0.2, -0.15) is 10.2 Å². The van der Waals surface area contributed by atoms with Crippen LogP contribution >= 0.6 is 23.2 Å². The topological polar surface area (TPSA) is 61.6 Å². The first-order valence-corrected chi connectivity index (χ1v) is 5.82. The SMILES string of the molecule is Cc1cccc(Nc2nc(Cl)nc(Cl)c2C#N)c1. The highest BCUT2D eigenvalue weighted by molar-refractivity contribution is 6.33. The average molecular weight is 279 g/mol. The van der Waals surface area contributed by atoms with Crippen molar-refractivity contribution < 1.29 is 0 Å². The van der Waals surface area contributed by atoms with E-state index in [4.69, 9.17) is 28.5 Å². The number of nitriles is 1. The van der Waals surface area contributed by atoms with Crippen LogP contribution in [0.4, 0.5) is 11.5 Å². The second kappa shape index (κ2) is 5.21. The molecular formula is C12H8Cl2N4. The molecule has 1 aromatic heterocycles. The van der Waals surface area contributed by atoms with Crippen LogP contribution in [0.5, 0.6) is 0 Å². The Labute approximate surface area is 114 Å². The zero-order valence-electron chi connectivity index (χ0n) is 9.41. The van der Waals surface area contributed by atoms with Crippen molar-refractivity contribution in [2.45, 2.75) is 6.92 Å². The Balaban J connectivity index is 2.43. The summed E-state index contributed by atoms with van der Waals surface area (Å²) < 4.78 is 0. The molecule has 0 saturated carbocycles. The van der Waals surface area contributed by atoms with Gasteiger partial charge in [0, 0.05) is 5.69 Å². The Morgan fingerprint density at radius 2 is 2.06 bits per heavy atom. The highest BCUT2D eigenvalue weighted by atomic mass is 35.5. The predicted octanol–water partition coefficient (Wildman–Crippen LogP) is 3.71. The quantitative estimate of drug-likeness (QED) is 0.672. The van der Waals surface area contributed by atoms with Crippen molar-refractivity contribution in [3.63, 3.8) is 0 Å². The Kier molecular flexibility index (Phi) is 3.66. The Morgan fingerprint density at radius 3 is 2.72 bits per heavy atom. The number of nitrogens with zero attached hydrogens (tertiary/aromatic N) is 3. The van der Waals surface area contributed by atoms with Gasteiger partial charge in [0.05, 0.1) is 0 Å². The van der Waals surface area contributed by atoms with Gasteiger partial charge in [-0.15, -0.1) is 0 Å². The summed E-state index contributed by atoms with van der Waals surface area (Å²) in [6.45, 7) is 1.97. The van der Waals surface area contributed by atoms with Gasteiger partial charge in [0.25, 0.3) is 0 Å². The molecule has 0 saturated heterocycles. The standard InChI is InChI=1S/C12H8Cl2N4/c1-7-3-2-4-8(5-7)16-11-9(6-15)10(13)17-12(14)18-11/h2-5H,1H3,(H,16,17,18). The first-order valence-electron chi connectivity index (χ1n) is 5.07. The zero-order valence-corrected chi connectivity index (χ0v) is 10.9. The molecule has 0 bridgehead atoms. The van der Waals surface area contributed by atoms with Gasteiger partial charge in [0.2, 0.25) is 5.28 Å². The van der Waals surface area contributed by atoms with E-state index in [0.29, 0.717) is 5.82 Å². The number of aromatic nitrogens is 2. The molecule has 0 atom stereocenters. The summed E-state index contributed by atoms with van der Waals surface area (Å²) in [6.07, 6.45) is 0. The minimum Gasteiger partial charge on any atom is -0.339 e. The number of hydrogen-bond donors (Lipinski definition) is 1. The highest BCUT2D eigenvalue weighted by Gasteiger charge is 2.12. The molecule has 0 aliphatic carbocycles. The maximum absolute atomic E-state index is 9.03. The smallest absolute Gasteiger partial charge is 0.225 e. The third-order valence-electron chi connectivity index (χ3n) is 2.23. The van der Waals surface area contributed by atoms with E-state index in [-0.39, 0.29) is 16.0 Å². The average Bonchev–Trinajstić information content (AvgIpc) is 2.28. The number of aryl methyl sites for hydroxylation is 1. The summed E-state index contributed by atoms with van der Waals surface area (Å²) in [7, 11) is 0. The van der Waals surface area contributed by atoms with Crippen molar-refractivity contribution in [1.82, 2.24) is 9.97 Å². The van der Waals surface area contributed by atoms with Crippen LogP contribution in [-0.4, -0.2) is 9.97 Å². The lowest BCUT2D eigenvalue weighted by molar-refractivity contribution is 1.15. The Bertz CT molecular complexity index is 634. The number of hydrogen-bond acceptors (Lipinski definition) is 4. The molecular weight excluding hydrogens is 271 g/mol. The first-order chi connectivity index (χ1) is 8.60. The molecule has 6 heteroatoms. The normalized spacial score (nSPS) is 9.89. The lowest BCUT2D eigenvalue weighted by atomic mass is 10.2. The molecule has 90 valence electrons. The third kappa shape index (κ3) is 2.70. The molecule has 0 aliphatic rings. The van der Waals surface area contributed by atoms with Crippen molar-refractivity contribution in [2.24, 2.45) is 0 Å². The van der Waals surface area contributed by atoms with E-state index in [2.05, 4.69) is 15.3 Å². The van der Waals surface area contributed by atoms with Crippen LogP contribution in [0.3, 0.4) is 0 Å². The molecule has 0 aliphatic heterocycles. The molecule has 0 unspecified atom stereocenters. The molecule has 2 rings (SSSR count). The minimum absolute atomic E-state index is 0.00541. The molecule has 1 heterocycles. The number of benzene rings is 1. The van der Waals surface area contributed by atoms with Gasteiger partial charge in [-0.3, -0.25) is 0 Å². The van der Waals surface area contributed by atoms with Crippen LogP contribution in [0.1, 0.15) is 11.1 Å². The summed E-state index contributed by atoms with van der Waals surface area (Å²) in [5.74, 6) is 0.299. The van der Waals surface area contributed by atoms with Crippen LogP contribution < -0.4 is 5.32 Å². The summed E-state index contributed by atoms with van der Waals surface area (Å²) >= 11 is 11.6. The zero-order chi connectivity index (χ0) is 13.1. The van der Waals surface area contributed by atoms with E-state index in [1.807, 2.05) is 37.3 Å². The van der Waals surface area contributed by atoms with Gasteiger partial charge >= 0.3 is 0 Å². The molecule has 1 N–H and O–H groups in total. The predicted molar refractivity (Wildman–Crippen MR) is 71.2 cm³/mol. The lowest BCUT2D eigenvalue weighted by Crippen LogP contribution is -2.00. The third-order valence-corrected chi connectivity index (χ3v) is 2.67. The van der Waals surface area contributed by atoms with Gasteiger partial charge in [0.15, 0.2) is 11.0 Å². The van der Waals surface area contributed by atoms with Crippen molar-refractivity contribution in [3.8, 4) is 6.07 Å². The van der Waals surface area contributed by atoms with Gasteiger partial charge in [0.1, 0.15) is 11.6 Å². The fourth-order valence-electron chi connectivity index (χ4n) is 1.46. The number of anilines is 2. The lowest BCUT2D eigenvalue weighted by Gasteiger charge is -2.08. The van der Waals surface area contributed by atoms with E-state index in [9.17, 15) is 0 Å². The van der Waals surface area contributed by atoms with E-state index in [1.54, 1.807) is 0 Å². The maximum Gasteiger partial charge on any atom is 0.225 e. The maximum atomic E-state index is 9.03. The molecule has 4 nitrogen and oxygen atoms in total. The van der Waals surface area contributed by atoms with Gasteiger partial charge in [-0.25, -0.2) is 4.98 Å². The summed E-state index contributed by atoms with van der Waals surface area (Å²) in [5.41, 5.74) is 2.06. The molecule has 18 heavy (non-hydrogen) atoms. The molecule has 0 amide bonds. The molecule has 1 aromatic carbocycles. The molecule has 0 spiro atoms. The number of rotatable bonds is 2. The second-order valence-corrected chi connectivity index (χ2v) is 4.31. The fourth-order valence-corrected chi connectivity index (χ4v) is 1.88.